The Morgan fingerprint density at radius 3 is 2.73 bits per heavy atom. The average Bonchev–Trinajstić information content (AvgIpc) is 3.35. The molecule has 0 saturated heterocycles. The van der Waals surface area contributed by atoms with Crippen molar-refractivity contribution in [3.8, 4) is 0 Å². The number of hydrogen-bond donors (Lipinski definition) is 1. The molecule has 3 nitrogen and oxygen atoms in total. The Hall–Kier alpha value is -0.580. The van der Waals surface area contributed by atoms with Crippen molar-refractivity contribution in [1.82, 2.24) is 0 Å². The van der Waals surface area contributed by atoms with E-state index in [1.54, 1.807) is 0 Å². The van der Waals surface area contributed by atoms with E-state index in [9.17, 15) is 9.90 Å². The molecular weight excluding hydrogens is 368 g/mol. The minimum atomic E-state index is -0.257. The van der Waals surface area contributed by atoms with E-state index in [1.165, 1.54) is 55.4 Å². The van der Waals surface area contributed by atoms with Gasteiger partial charge in [0.2, 0.25) is 0 Å². The molecule has 0 spiro atoms. The van der Waals surface area contributed by atoms with Gasteiger partial charge in [0.15, 0.2) is 0 Å². The summed E-state index contributed by atoms with van der Waals surface area (Å²) in [6.45, 7) is 0. The van der Waals surface area contributed by atoms with E-state index < -0.39 is 0 Å². The molecule has 1 aromatic heterocycles. The monoisotopic (exact) mass is 398 g/mol. The predicted molar refractivity (Wildman–Crippen MR) is 107 cm³/mol. The maximum absolute atomic E-state index is 11.6. The van der Waals surface area contributed by atoms with Crippen LogP contribution in [0.1, 0.15) is 72.3 Å². The molecule has 146 valence electrons. The molecule has 0 bridgehead atoms. The molecule has 26 heavy (non-hydrogen) atoms. The molecule has 4 atom stereocenters. The molecule has 0 aromatic carbocycles. The van der Waals surface area contributed by atoms with Crippen LogP contribution in [0.3, 0.4) is 0 Å². The van der Waals surface area contributed by atoms with E-state index in [0.717, 1.165) is 38.0 Å². The summed E-state index contributed by atoms with van der Waals surface area (Å²) in [5, 5.41) is 10.6. The van der Waals surface area contributed by atoms with Crippen molar-refractivity contribution in [3.05, 3.63) is 21.9 Å². The second-order valence-electron chi connectivity index (χ2n) is 8.02. The number of carbonyl (C=O) groups is 1. The first-order valence-electron chi connectivity index (χ1n) is 10.1. The van der Waals surface area contributed by atoms with Gasteiger partial charge in [-0.15, -0.1) is 22.9 Å². The molecule has 2 saturated carbocycles. The van der Waals surface area contributed by atoms with E-state index >= 15 is 0 Å². The van der Waals surface area contributed by atoms with Crippen molar-refractivity contribution < 1.29 is 14.6 Å². The van der Waals surface area contributed by atoms with Crippen molar-refractivity contribution in [1.29, 1.82) is 0 Å². The Morgan fingerprint density at radius 1 is 1.23 bits per heavy atom. The molecular formula is C21H31ClO3S. The Bertz CT molecular complexity index is 582. The van der Waals surface area contributed by atoms with Crippen LogP contribution in [0, 0.1) is 17.8 Å². The van der Waals surface area contributed by atoms with Gasteiger partial charge >= 0.3 is 5.97 Å². The number of aryl methyl sites for hydroxylation is 1. The van der Waals surface area contributed by atoms with Crippen LogP contribution in [-0.4, -0.2) is 29.7 Å². The number of alkyl halides is 1. The minimum Gasteiger partial charge on any atom is -0.465 e. The number of carbonyl (C=O) groups excluding carboxylic acids is 1. The van der Waals surface area contributed by atoms with E-state index in [-0.39, 0.29) is 17.5 Å². The Kier molecular flexibility index (Phi) is 7.42. The van der Waals surface area contributed by atoms with Gasteiger partial charge in [0, 0.05) is 10.3 Å². The van der Waals surface area contributed by atoms with Gasteiger partial charge in [-0.2, -0.15) is 0 Å². The van der Waals surface area contributed by atoms with Crippen molar-refractivity contribution in [2.75, 3.05) is 7.11 Å². The van der Waals surface area contributed by atoms with E-state index in [2.05, 4.69) is 0 Å². The number of aliphatic hydroxyl groups excluding tert-OH is 1. The first kappa shape index (κ1) is 20.2. The fourth-order valence-corrected chi connectivity index (χ4v) is 6.36. The van der Waals surface area contributed by atoms with E-state index in [4.69, 9.17) is 16.3 Å². The summed E-state index contributed by atoms with van der Waals surface area (Å²) in [5.74, 6) is 1.41. The van der Waals surface area contributed by atoms with Crippen molar-refractivity contribution in [3.63, 3.8) is 0 Å². The zero-order chi connectivity index (χ0) is 18.5. The van der Waals surface area contributed by atoms with Crippen LogP contribution in [0.5, 0.6) is 0 Å². The van der Waals surface area contributed by atoms with Crippen LogP contribution < -0.4 is 0 Å². The summed E-state index contributed by atoms with van der Waals surface area (Å²) >= 11 is 8.11. The standard InChI is InChI=1S/C21H31ClO3S/c1-25-21(24)20-12-10-15(26-20)7-4-8-16-17(19(23)13-18(16)22)11-9-14-5-2-3-6-14/h10,12,14,16-19,23H,2-9,11,13H2,1H3/t16-,17-,18-,19-/m1/s1. The van der Waals surface area contributed by atoms with Gasteiger partial charge in [-0.05, 0) is 62.0 Å². The van der Waals surface area contributed by atoms with Gasteiger partial charge < -0.3 is 9.84 Å². The minimum absolute atomic E-state index is 0.104. The molecule has 3 rings (SSSR count). The van der Waals surface area contributed by atoms with Crippen LogP contribution in [0.25, 0.3) is 0 Å². The lowest BCUT2D eigenvalue weighted by atomic mass is 9.84. The molecule has 5 heteroatoms. The number of halogens is 1. The van der Waals surface area contributed by atoms with Gasteiger partial charge in [-0.1, -0.05) is 32.1 Å². The molecule has 0 amide bonds. The fraction of sp³-hybridized carbons (Fsp3) is 0.762. The fourth-order valence-electron chi connectivity index (χ4n) is 4.90. The third-order valence-corrected chi connectivity index (χ3v) is 7.99. The number of methoxy groups -OCH3 is 1. The maximum atomic E-state index is 11.6. The molecule has 2 aliphatic carbocycles. The highest BCUT2D eigenvalue weighted by Crippen LogP contribution is 2.43. The molecule has 0 unspecified atom stereocenters. The Labute approximate surface area is 166 Å². The summed E-state index contributed by atoms with van der Waals surface area (Å²) in [6.07, 6.45) is 11.5. The predicted octanol–water partition coefficient (Wildman–Crippen LogP) is 5.43. The van der Waals surface area contributed by atoms with Gasteiger partial charge in [0.05, 0.1) is 13.2 Å². The normalized spacial score (nSPS) is 29.3. The van der Waals surface area contributed by atoms with Crippen LogP contribution in [0.4, 0.5) is 0 Å². The number of rotatable bonds is 8. The third kappa shape index (κ3) is 5.02. The Morgan fingerprint density at radius 2 is 2.00 bits per heavy atom. The largest absolute Gasteiger partial charge is 0.465 e. The molecule has 1 heterocycles. The van der Waals surface area contributed by atoms with E-state index in [1.807, 2.05) is 12.1 Å². The van der Waals surface area contributed by atoms with Crippen LogP contribution in [0.2, 0.25) is 0 Å². The molecule has 2 fully saturated rings. The summed E-state index contributed by atoms with van der Waals surface area (Å²) in [4.78, 5) is 13.4. The van der Waals surface area contributed by atoms with Gasteiger partial charge in [0.25, 0.3) is 0 Å². The highest BCUT2D eigenvalue weighted by atomic mass is 35.5. The second kappa shape index (κ2) is 9.57. The average molecular weight is 399 g/mol. The highest BCUT2D eigenvalue weighted by Gasteiger charge is 2.40. The quantitative estimate of drug-likeness (QED) is 0.469. The number of esters is 1. The molecule has 0 radical (unpaired) electrons. The van der Waals surface area contributed by atoms with Gasteiger partial charge in [-0.3, -0.25) is 0 Å². The first-order valence-corrected chi connectivity index (χ1v) is 11.3. The van der Waals surface area contributed by atoms with Crippen molar-refractivity contribution >= 4 is 28.9 Å². The number of aliphatic hydroxyl groups is 1. The molecule has 2 aliphatic rings. The summed E-state index contributed by atoms with van der Waals surface area (Å²) in [7, 11) is 1.42. The SMILES string of the molecule is COC(=O)c1ccc(CCC[C@@H]2[C@@H](CCC3CCCC3)[C@H](O)C[C@H]2Cl)s1. The van der Waals surface area contributed by atoms with Crippen LogP contribution in [-0.2, 0) is 11.2 Å². The highest BCUT2D eigenvalue weighted by molar-refractivity contribution is 7.13. The lowest BCUT2D eigenvalue weighted by Crippen LogP contribution is -2.21. The van der Waals surface area contributed by atoms with Crippen molar-refractivity contribution in [2.45, 2.75) is 75.7 Å². The Balaban J connectivity index is 1.48. The lowest BCUT2D eigenvalue weighted by molar-refractivity contribution is 0.0606. The second-order valence-corrected chi connectivity index (χ2v) is 9.75. The van der Waals surface area contributed by atoms with Crippen molar-refractivity contribution in [2.24, 2.45) is 17.8 Å². The number of hydrogen-bond acceptors (Lipinski definition) is 4. The molecule has 0 aliphatic heterocycles. The lowest BCUT2D eigenvalue weighted by Gasteiger charge is -2.24. The smallest absolute Gasteiger partial charge is 0.348 e. The summed E-state index contributed by atoms with van der Waals surface area (Å²) in [6, 6.07) is 3.87. The van der Waals surface area contributed by atoms with Crippen LogP contribution in [0.15, 0.2) is 12.1 Å². The number of ether oxygens (including phenoxy) is 1. The van der Waals surface area contributed by atoms with E-state index in [0.29, 0.717) is 16.7 Å². The summed E-state index contributed by atoms with van der Waals surface area (Å²) < 4.78 is 4.77. The summed E-state index contributed by atoms with van der Waals surface area (Å²) in [5.41, 5.74) is 0. The third-order valence-electron chi connectivity index (χ3n) is 6.37. The zero-order valence-corrected chi connectivity index (χ0v) is 17.2. The maximum Gasteiger partial charge on any atom is 0.348 e. The van der Waals surface area contributed by atoms with Crippen LogP contribution >= 0.6 is 22.9 Å². The van der Waals surface area contributed by atoms with Gasteiger partial charge in [0.1, 0.15) is 4.88 Å². The first-order chi connectivity index (χ1) is 12.6. The molecule has 1 N–H and O–H groups in total. The zero-order valence-electron chi connectivity index (χ0n) is 15.7. The molecule has 1 aromatic rings. The van der Waals surface area contributed by atoms with Gasteiger partial charge in [-0.25, -0.2) is 4.79 Å². The number of thiophene rings is 1. The topological polar surface area (TPSA) is 46.5 Å².